The number of anilines is 1. The Hall–Kier alpha value is -4.15. The van der Waals surface area contributed by atoms with E-state index in [0.29, 0.717) is 40.0 Å². The number of carbonyl (C=O) groups is 2. The van der Waals surface area contributed by atoms with Crippen molar-refractivity contribution in [3.63, 3.8) is 0 Å². The molecule has 1 N–H and O–H groups in total. The number of aliphatic hydroxyl groups excluding tert-OH is 1. The highest BCUT2D eigenvalue weighted by Gasteiger charge is 2.48. The van der Waals surface area contributed by atoms with Gasteiger partial charge in [-0.2, -0.15) is 0 Å². The lowest BCUT2D eigenvalue weighted by atomic mass is 9.94. The number of fused-ring (bicyclic) bond motifs is 1. The van der Waals surface area contributed by atoms with Gasteiger partial charge in [0.15, 0.2) is 4.34 Å². The van der Waals surface area contributed by atoms with Gasteiger partial charge in [0.1, 0.15) is 23.4 Å². The minimum absolute atomic E-state index is 0.000829. The van der Waals surface area contributed by atoms with E-state index in [1.165, 1.54) is 33.6 Å². The normalized spacial score (nSPS) is 18.7. The summed E-state index contributed by atoms with van der Waals surface area (Å²) in [7, 11) is 0. The van der Waals surface area contributed by atoms with Crippen molar-refractivity contribution < 1.29 is 24.2 Å². The predicted octanol–water partition coefficient (Wildman–Crippen LogP) is 7.66. The lowest BCUT2D eigenvalue weighted by molar-refractivity contribution is -0.132. The van der Waals surface area contributed by atoms with E-state index in [1.54, 1.807) is 12.1 Å². The molecule has 1 amide bonds. The first kappa shape index (κ1) is 30.9. The third-order valence-electron chi connectivity index (χ3n) is 7.89. The molecule has 0 aliphatic carbocycles. The molecule has 1 fully saturated rings. The van der Waals surface area contributed by atoms with Gasteiger partial charge in [-0.3, -0.25) is 14.5 Å². The van der Waals surface area contributed by atoms with Crippen LogP contribution in [0, 0.1) is 6.92 Å². The maximum absolute atomic E-state index is 13.7. The molecule has 10 heteroatoms. The molecule has 4 aromatic rings. The summed E-state index contributed by atoms with van der Waals surface area (Å²) in [5.41, 5.74) is 4.36. The van der Waals surface area contributed by atoms with Crippen LogP contribution in [0.1, 0.15) is 67.0 Å². The fraction of sp³-hybridized carbons (Fsp3) is 0.314. The van der Waals surface area contributed by atoms with Crippen LogP contribution in [-0.4, -0.2) is 39.7 Å². The van der Waals surface area contributed by atoms with Crippen molar-refractivity contribution >= 4 is 45.7 Å². The van der Waals surface area contributed by atoms with Crippen molar-refractivity contribution in [3.05, 3.63) is 100 Å². The molecular weight excluding hydrogens is 607 g/mol. The molecule has 2 atom stereocenters. The smallest absolute Gasteiger partial charge is 0.301 e. The Labute approximate surface area is 271 Å². The van der Waals surface area contributed by atoms with E-state index >= 15 is 0 Å². The molecule has 0 bridgehead atoms. The maximum atomic E-state index is 13.7. The summed E-state index contributed by atoms with van der Waals surface area (Å²) in [6.45, 7) is 6.73. The number of nitrogens with zero attached hydrogens (tertiary/aromatic N) is 3. The van der Waals surface area contributed by atoms with E-state index in [1.807, 2.05) is 44.2 Å². The number of rotatable bonds is 11. The third kappa shape index (κ3) is 6.62. The predicted molar refractivity (Wildman–Crippen MR) is 177 cm³/mol. The number of hydrogen-bond acceptors (Lipinski definition) is 9. The number of aromatic nitrogens is 2. The zero-order chi connectivity index (χ0) is 31.5. The van der Waals surface area contributed by atoms with Crippen LogP contribution in [0.3, 0.4) is 0 Å². The quantitative estimate of drug-likeness (QED) is 0.0445. The topological polar surface area (TPSA) is 102 Å². The Morgan fingerprint density at radius 1 is 1.09 bits per heavy atom. The molecule has 8 nitrogen and oxygen atoms in total. The number of benzene rings is 3. The number of aryl methyl sites for hydroxylation is 1. The Balaban J connectivity index is 1.37. The highest BCUT2D eigenvalue weighted by Crippen LogP contribution is 2.45. The average Bonchev–Trinajstić information content (AvgIpc) is 3.73. The van der Waals surface area contributed by atoms with Crippen LogP contribution < -0.4 is 14.4 Å². The monoisotopic (exact) mass is 641 g/mol. The first-order valence-corrected chi connectivity index (χ1v) is 17.0. The van der Waals surface area contributed by atoms with Crippen LogP contribution in [0.25, 0.3) is 5.76 Å². The van der Waals surface area contributed by atoms with Crippen LogP contribution >= 0.6 is 23.1 Å². The molecule has 3 heterocycles. The van der Waals surface area contributed by atoms with Gasteiger partial charge in [-0.25, -0.2) is 0 Å². The maximum Gasteiger partial charge on any atom is 0.301 e. The van der Waals surface area contributed by atoms with Crippen LogP contribution in [0.5, 0.6) is 11.5 Å². The van der Waals surface area contributed by atoms with Crippen molar-refractivity contribution in [2.24, 2.45) is 0 Å². The molecule has 0 unspecified atom stereocenters. The van der Waals surface area contributed by atoms with Crippen molar-refractivity contribution in [1.29, 1.82) is 0 Å². The SMILES string of the molecule is CCCCCOc1cccc([C@H]2C(=C(O)c3ccc4c(c3)C[C@H](C)O4)C(=O)C(=O)N2c2nnc(SCc3ccc(C)cc3)s2)c1. The van der Waals surface area contributed by atoms with Crippen molar-refractivity contribution in [1.82, 2.24) is 10.2 Å². The molecule has 45 heavy (non-hydrogen) atoms. The summed E-state index contributed by atoms with van der Waals surface area (Å²) in [5.74, 6) is 0.296. The van der Waals surface area contributed by atoms with Gasteiger partial charge in [-0.15, -0.1) is 10.2 Å². The number of aliphatic hydroxyl groups is 1. The van der Waals surface area contributed by atoms with E-state index in [4.69, 9.17) is 9.47 Å². The van der Waals surface area contributed by atoms with Crippen LogP contribution in [-0.2, 0) is 21.8 Å². The first-order valence-electron chi connectivity index (χ1n) is 15.2. The van der Waals surface area contributed by atoms with E-state index < -0.39 is 17.7 Å². The molecular formula is C35H35N3O5S2. The molecule has 0 saturated carbocycles. The summed E-state index contributed by atoms with van der Waals surface area (Å²) in [4.78, 5) is 28.8. The second kappa shape index (κ2) is 13.5. The first-order chi connectivity index (χ1) is 21.8. The summed E-state index contributed by atoms with van der Waals surface area (Å²) >= 11 is 2.77. The van der Waals surface area contributed by atoms with Crippen molar-refractivity contribution in [3.8, 4) is 11.5 Å². The van der Waals surface area contributed by atoms with E-state index in [-0.39, 0.29) is 22.6 Å². The molecule has 0 spiro atoms. The lowest BCUT2D eigenvalue weighted by Crippen LogP contribution is -2.29. The summed E-state index contributed by atoms with van der Waals surface area (Å²) < 4.78 is 12.5. The molecule has 3 aromatic carbocycles. The number of unbranched alkanes of at least 4 members (excludes halogenated alkanes) is 2. The fourth-order valence-electron chi connectivity index (χ4n) is 5.57. The highest BCUT2D eigenvalue weighted by molar-refractivity contribution is 8.00. The van der Waals surface area contributed by atoms with E-state index in [0.717, 1.165) is 36.1 Å². The average molecular weight is 642 g/mol. The van der Waals surface area contributed by atoms with Crippen LogP contribution in [0.15, 0.2) is 76.6 Å². The number of hydrogen-bond donors (Lipinski definition) is 1. The van der Waals surface area contributed by atoms with Gasteiger partial charge in [-0.1, -0.05) is 84.8 Å². The minimum atomic E-state index is -0.921. The molecule has 2 aliphatic heterocycles. The van der Waals surface area contributed by atoms with Gasteiger partial charge >= 0.3 is 5.91 Å². The second-order valence-corrected chi connectivity index (χ2v) is 13.6. The molecule has 1 saturated heterocycles. The zero-order valence-electron chi connectivity index (χ0n) is 25.5. The molecule has 6 rings (SSSR count). The van der Waals surface area contributed by atoms with Crippen LogP contribution in [0.4, 0.5) is 5.13 Å². The Morgan fingerprint density at radius 2 is 1.91 bits per heavy atom. The van der Waals surface area contributed by atoms with Gasteiger partial charge < -0.3 is 14.6 Å². The van der Waals surface area contributed by atoms with Crippen LogP contribution in [0.2, 0.25) is 0 Å². The Bertz CT molecular complexity index is 1750. The fourth-order valence-corrected chi connectivity index (χ4v) is 7.40. The molecule has 0 radical (unpaired) electrons. The third-order valence-corrected chi connectivity index (χ3v) is 10.0. The number of thioether (sulfide) groups is 1. The van der Waals surface area contributed by atoms with Gasteiger partial charge in [0.2, 0.25) is 5.13 Å². The number of amides is 1. The number of carbonyl (C=O) groups excluding carboxylic acids is 2. The molecule has 232 valence electrons. The zero-order valence-corrected chi connectivity index (χ0v) is 27.1. The van der Waals surface area contributed by atoms with Gasteiger partial charge in [0, 0.05) is 17.7 Å². The number of ketones is 1. The summed E-state index contributed by atoms with van der Waals surface area (Å²) in [5, 5.41) is 20.7. The van der Waals surface area contributed by atoms with Gasteiger partial charge in [0.25, 0.3) is 5.78 Å². The standard InChI is InChI=1S/C35H35N3O5S2/c1-4-5-6-16-42-27-9-7-8-24(19-27)30-29(31(39)25-14-15-28-26(18-25)17-22(3)43-28)32(40)33(41)38(30)34-36-37-35(45-34)44-20-23-12-10-21(2)11-13-23/h7-15,18-19,22,30,39H,4-6,16-17,20H2,1-3H3/t22-,30-/m0/s1. The Morgan fingerprint density at radius 3 is 2.71 bits per heavy atom. The largest absolute Gasteiger partial charge is 0.507 e. The lowest BCUT2D eigenvalue weighted by Gasteiger charge is -2.23. The number of Topliss-reactive ketones (excluding diaryl/α,β-unsaturated/α-hetero) is 1. The summed E-state index contributed by atoms with van der Waals surface area (Å²) in [6, 6.07) is 20.1. The highest BCUT2D eigenvalue weighted by atomic mass is 32.2. The minimum Gasteiger partial charge on any atom is -0.507 e. The molecule has 2 aliphatic rings. The molecule has 1 aromatic heterocycles. The Kier molecular flexibility index (Phi) is 9.23. The summed E-state index contributed by atoms with van der Waals surface area (Å²) in [6.07, 6.45) is 3.79. The number of ether oxygens (including phenoxy) is 2. The van der Waals surface area contributed by atoms with Gasteiger partial charge in [-0.05, 0) is 67.3 Å². The van der Waals surface area contributed by atoms with Crippen molar-refractivity contribution in [2.75, 3.05) is 11.5 Å². The van der Waals surface area contributed by atoms with Crippen molar-refractivity contribution in [2.45, 2.75) is 68.7 Å². The van der Waals surface area contributed by atoms with E-state index in [2.05, 4.69) is 41.4 Å². The van der Waals surface area contributed by atoms with E-state index in [9.17, 15) is 14.7 Å². The van der Waals surface area contributed by atoms with Gasteiger partial charge in [0.05, 0.1) is 18.2 Å². The second-order valence-electron chi connectivity index (χ2n) is 11.4.